The van der Waals surface area contributed by atoms with E-state index < -0.39 is 5.92 Å². The molecule has 2 saturated carbocycles. The molecule has 0 bridgehead atoms. The molecule has 2 nitrogen and oxygen atoms in total. The Balaban J connectivity index is 1.73. The molecule has 4 heteroatoms. The van der Waals surface area contributed by atoms with Crippen LogP contribution in [-0.4, -0.2) is 17.9 Å². The van der Waals surface area contributed by atoms with Crippen LogP contribution in [0.25, 0.3) is 0 Å². The Morgan fingerprint density at radius 2 is 1.87 bits per heavy atom. The van der Waals surface area contributed by atoms with Gasteiger partial charge in [-0.1, -0.05) is 13.8 Å². The van der Waals surface area contributed by atoms with E-state index in [1.165, 1.54) is 0 Å². The van der Waals surface area contributed by atoms with Gasteiger partial charge in [-0.3, -0.25) is 4.79 Å². The van der Waals surface area contributed by atoms with Gasteiger partial charge in [0.25, 0.3) is 0 Å². The normalized spacial score (nSPS) is 27.3. The minimum absolute atomic E-state index is 0.0219. The molecule has 0 aromatic carbocycles. The lowest BCUT2D eigenvalue weighted by Gasteiger charge is -2.57. The van der Waals surface area contributed by atoms with Gasteiger partial charge in [-0.2, -0.15) is 0 Å². The smallest absolute Gasteiger partial charge is 0.249 e. The number of carbonyl (C=O) groups is 1. The second-order valence-electron chi connectivity index (χ2n) is 5.48. The highest BCUT2D eigenvalue weighted by Gasteiger charge is 2.61. The van der Waals surface area contributed by atoms with Gasteiger partial charge in [-0.15, -0.1) is 0 Å². The number of amides is 1. The van der Waals surface area contributed by atoms with Crippen molar-refractivity contribution in [2.75, 3.05) is 0 Å². The predicted octanol–water partition coefficient (Wildman–Crippen LogP) is 2.34. The first kappa shape index (κ1) is 10.8. The summed E-state index contributed by atoms with van der Waals surface area (Å²) in [4.78, 5) is 11.3. The molecule has 0 aromatic heterocycles. The van der Waals surface area contributed by atoms with Crippen LogP contribution in [0.3, 0.4) is 0 Å². The summed E-state index contributed by atoms with van der Waals surface area (Å²) >= 11 is 0. The van der Waals surface area contributed by atoms with Crippen molar-refractivity contribution in [3.8, 4) is 0 Å². The Labute approximate surface area is 88.4 Å². The molecule has 2 aliphatic rings. The lowest BCUT2D eigenvalue weighted by molar-refractivity contribution is -0.198. The summed E-state index contributed by atoms with van der Waals surface area (Å²) in [6, 6.07) is 0.135. The van der Waals surface area contributed by atoms with Crippen molar-refractivity contribution in [3.63, 3.8) is 0 Å². The van der Waals surface area contributed by atoms with E-state index in [-0.39, 0.29) is 36.1 Å². The van der Waals surface area contributed by atoms with Crippen molar-refractivity contribution in [1.82, 2.24) is 5.32 Å². The van der Waals surface area contributed by atoms with Gasteiger partial charge in [0, 0.05) is 24.8 Å². The van der Waals surface area contributed by atoms with E-state index in [1.54, 1.807) is 0 Å². The molecule has 2 rings (SSSR count). The monoisotopic (exact) mass is 217 g/mol. The summed E-state index contributed by atoms with van der Waals surface area (Å²) in [7, 11) is 0. The molecule has 2 aliphatic carbocycles. The van der Waals surface area contributed by atoms with Gasteiger partial charge < -0.3 is 5.32 Å². The van der Waals surface area contributed by atoms with Crippen LogP contribution in [0.4, 0.5) is 8.78 Å². The van der Waals surface area contributed by atoms with Crippen molar-refractivity contribution >= 4 is 5.91 Å². The van der Waals surface area contributed by atoms with Crippen LogP contribution in [0.15, 0.2) is 0 Å². The molecule has 0 aliphatic heterocycles. The van der Waals surface area contributed by atoms with Gasteiger partial charge in [-0.25, -0.2) is 8.78 Å². The maximum absolute atomic E-state index is 12.7. The molecule has 1 amide bonds. The van der Waals surface area contributed by atoms with E-state index >= 15 is 0 Å². The van der Waals surface area contributed by atoms with Crippen LogP contribution in [0.1, 0.15) is 39.5 Å². The zero-order chi connectivity index (χ0) is 11.3. The molecule has 86 valence electrons. The first-order valence-electron chi connectivity index (χ1n) is 5.50. The van der Waals surface area contributed by atoms with Gasteiger partial charge in [0.15, 0.2) is 0 Å². The van der Waals surface area contributed by atoms with E-state index in [4.69, 9.17) is 0 Å². The van der Waals surface area contributed by atoms with Crippen molar-refractivity contribution in [2.45, 2.75) is 51.5 Å². The van der Waals surface area contributed by atoms with Crippen molar-refractivity contribution in [1.29, 1.82) is 0 Å². The molecule has 1 N–H and O–H groups in total. The minimum Gasteiger partial charge on any atom is -0.353 e. The maximum atomic E-state index is 12.7. The third-order valence-electron chi connectivity index (χ3n) is 3.50. The summed E-state index contributed by atoms with van der Waals surface area (Å²) < 4.78 is 25.4. The number of nitrogens with one attached hydrogen (secondary N) is 1. The fourth-order valence-electron chi connectivity index (χ4n) is 2.79. The fraction of sp³-hybridized carbons (Fsp3) is 0.909. The quantitative estimate of drug-likeness (QED) is 0.755. The Bertz CT molecular complexity index is 272. The topological polar surface area (TPSA) is 29.1 Å². The Kier molecular flexibility index (Phi) is 2.28. The van der Waals surface area contributed by atoms with Crippen LogP contribution in [-0.2, 0) is 4.79 Å². The van der Waals surface area contributed by atoms with Gasteiger partial charge in [0.2, 0.25) is 11.8 Å². The van der Waals surface area contributed by atoms with Gasteiger partial charge >= 0.3 is 0 Å². The van der Waals surface area contributed by atoms with E-state index in [0.717, 1.165) is 12.8 Å². The second-order valence-corrected chi connectivity index (χ2v) is 5.48. The highest BCUT2D eigenvalue weighted by Crippen LogP contribution is 2.62. The van der Waals surface area contributed by atoms with E-state index in [9.17, 15) is 13.6 Å². The van der Waals surface area contributed by atoms with Gasteiger partial charge in [-0.05, 0) is 18.3 Å². The molecule has 1 spiro atoms. The van der Waals surface area contributed by atoms with Crippen LogP contribution in [0.5, 0.6) is 0 Å². The summed E-state index contributed by atoms with van der Waals surface area (Å²) in [6.07, 6.45) is 1.52. The molecule has 0 saturated heterocycles. The average molecular weight is 217 g/mol. The van der Waals surface area contributed by atoms with E-state index in [0.29, 0.717) is 0 Å². The summed E-state index contributed by atoms with van der Waals surface area (Å²) in [5.41, 5.74) is -0.140. The van der Waals surface area contributed by atoms with Crippen LogP contribution < -0.4 is 5.32 Å². The van der Waals surface area contributed by atoms with Crippen LogP contribution in [0.2, 0.25) is 0 Å². The van der Waals surface area contributed by atoms with Gasteiger partial charge in [0.1, 0.15) is 0 Å². The van der Waals surface area contributed by atoms with Crippen molar-refractivity contribution < 1.29 is 13.6 Å². The van der Waals surface area contributed by atoms with Crippen molar-refractivity contribution in [2.24, 2.45) is 11.3 Å². The number of carbonyl (C=O) groups excluding carboxylic acids is 1. The Morgan fingerprint density at radius 3 is 2.27 bits per heavy atom. The Hall–Kier alpha value is -0.670. The maximum Gasteiger partial charge on any atom is 0.249 e. The summed E-state index contributed by atoms with van der Waals surface area (Å²) in [5, 5.41) is 2.88. The van der Waals surface area contributed by atoms with Crippen LogP contribution >= 0.6 is 0 Å². The van der Waals surface area contributed by atoms with Gasteiger partial charge in [0.05, 0.1) is 0 Å². The fourth-order valence-corrected chi connectivity index (χ4v) is 2.79. The van der Waals surface area contributed by atoms with E-state index in [1.807, 2.05) is 13.8 Å². The molecule has 0 heterocycles. The molecule has 0 aromatic rings. The molecular formula is C11H17F2NO. The number of hydrogen-bond donors (Lipinski definition) is 1. The third kappa shape index (κ3) is 1.99. The molecular weight excluding hydrogens is 200 g/mol. The average Bonchev–Trinajstić information content (AvgIpc) is 1.96. The van der Waals surface area contributed by atoms with E-state index in [2.05, 4.69) is 5.32 Å². The standard InChI is InChI=1S/C11H17F2NO/c1-7(2)9(15)14-8-3-10(4-8)5-11(12,13)6-10/h7-8H,3-6H2,1-2H3,(H,14,15). The molecule has 0 atom stereocenters. The summed E-state index contributed by atoms with van der Waals surface area (Å²) in [6.45, 7) is 3.67. The largest absolute Gasteiger partial charge is 0.353 e. The lowest BCUT2D eigenvalue weighted by Crippen LogP contribution is -2.60. The number of halogens is 2. The van der Waals surface area contributed by atoms with Crippen molar-refractivity contribution in [3.05, 3.63) is 0 Å². The van der Waals surface area contributed by atoms with Crippen LogP contribution in [0, 0.1) is 11.3 Å². The highest BCUT2D eigenvalue weighted by molar-refractivity contribution is 5.78. The lowest BCUT2D eigenvalue weighted by atomic mass is 9.52. The Morgan fingerprint density at radius 1 is 1.33 bits per heavy atom. The highest BCUT2D eigenvalue weighted by atomic mass is 19.3. The number of hydrogen-bond acceptors (Lipinski definition) is 1. The first-order valence-corrected chi connectivity index (χ1v) is 5.50. The number of rotatable bonds is 2. The zero-order valence-electron chi connectivity index (χ0n) is 9.15. The minimum atomic E-state index is -2.44. The molecule has 2 fully saturated rings. The molecule has 15 heavy (non-hydrogen) atoms. The molecule has 0 unspecified atom stereocenters. The zero-order valence-corrected chi connectivity index (χ0v) is 9.15. The predicted molar refractivity (Wildman–Crippen MR) is 52.6 cm³/mol. The second kappa shape index (κ2) is 3.16. The summed E-state index contributed by atoms with van der Waals surface area (Å²) in [5.74, 6) is -2.43. The molecule has 0 radical (unpaired) electrons. The SMILES string of the molecule is CC(C)C(=O)NC1CC2(C1)CC(F)(F)C2. The first-order chi connectivity index (χ1) is 6.82. The number of alkyl halides is 2. The third-order valence-corrected chi connectivity index (χ3v) is 3.50.